The lowest BCUT2D eigenvalue weighted by Gasteiger charge is -2.29. The minimum Gasteiger partial charge on any atom is -0.378 e. The van der Waals surface area contributed by atoms with Gasteiger partial charge in [0, 0.05) is 31.7 Å². The van der Waals surface area contributed by atoms with E-state index in [0.29, 0.717) is 0 Å². The highest BCUT2D eigenvalue weighted by atomic mass is 79.9. The second kappa shape index (κ2) is 5.55. The molecular formula is C13H18BrN3O. The predicted molar refractivity (Wildman–Crippen MR) is 75.2 cm³/mol. The maximum atomic E-state index is 5.40. The van der Waals surface area contributed by atoms with E-state index in [1.165, 1.54) is 11.3 Å². The second-order valence-corrected chi connectivity index (χ2v) is 5.60. The van der Waals surface area contributed by atoms with Crippen molar-refractivity contribution in [3.63, 3.8) is 0 Å². The lowest BCUT2D eigenvalue weighted by Crippen LogP contribution is -2.37. The molecule has 98 valence electrons. The summed E-state index contributed by atoms with van der Waals surface area (Å²) in [6, 6.07) is 2.25. The summed E-state index contributed by atoms with van der Waals surface area (Å²) in [4.78, 5) is 7.19. The Balaban J connectivity index is 1.92. The molecule has 0 unspecified atom stereocenters. The van der Waals surface area contributed by atoms with Gasteiger partial charge in [-0.2, -0.15) is 0 Å². The summed E-state index contributed by atoms with van der Waals surface area (Å²) in [5.41, 5.74) is 2.63. The van der Waals surface area contributed by atoms with Gasteiger partial charge in [-0.05, 0) is 40.5 Å². The highest BCUT2D eigenvalue weighted by molar-refractivity contribution is 9.10. The normalized spacial score (nSPS) is 20.4. The third-order valence-corrected chi connectivity index (χ3v) is 4.13. The number of anilines is 1. The van der Waals surface area contributed by atoms with Gasteiger partial charge in [0.1, 0.15) is 5.82 Å². The fraction of sp³-hybridized carbons (Fsp3) is 0.615. The Bertz CT molecular complexity index is 432. The number of fused-ring (bicyclic) bond motifs is 1. The van der Waals surface area contributed by atoms with Gasteiger partial charge in [0.2, 0.25) is 0 Å². The fourth-order valence-corrected chi connectivity index (χ4v) is 3.15. The molecule has 0 radical (unpaired) electrons. The quantitative estimate of drug-likeness (QED) is 0.850. The van der Waals surface area contributed by atoms with Crippen molar-refractivity contribution >= 4 is 21.7 Å². The summed E-state index contributed by atoms with van der Waals surface area (Å²) in [6.07, 6.45) is 2.10. The summed E-state index contributed by atoms with van der Waals surface area (Å²) in [6.45, 7) is 5.55. The van der Waals surface area contributed by atoms with E-state index in [1.54, 1.807) is 0 Å². The summed E-state index contributed by atoms with van der Waals surface area (Å²) in [5.74, 6) is 1.08. The Morgan fingerprint density at radius 2 is 2.00 bits per heavy atom. The van der Waals surface area contributed by atoms with E-state index in [-0.39, 0.29) is 0 Å². The lowest BCUT2D eigenvalue weighted by atomic mass is 10.1. The predicted octanol–water partition coefficient (Wildman–Crippen LogP) is 1.37. The highest BCUT2D eigenvalue weighted by Gasteiger charge is 2.18. The molecule has 0 bridgehead atoms. The highest BCUT2D eigenvalue weighted by Crippen LogP contribution is 2.28. The number of rotatable bonds is 1. The SMILES string of the molecule is Brc1cc2c(nc1N1CCOCC1)CCNCC2. The van der Waals surface area contributed by atoms with Crippen LogP contribution in [0.15, 0.2) is 10.5 Å². The Kier molecular flexibility index (Phi) is 3.82. The first-order chi connectivity index (χ1) is 8.84. The van der Waals surface area contributed by atoms with Crippen LogP contribution in [0.25, 0.3) is 0 Å². The molecule has 0 amide bonds. The van der Waals surface area contributed by atoms with E-state index < -0.39 is 0 Å². The number of aromatic nitrogens is 1. The van der Waals surface area contributed by atoms with Crippen molar-refractivity contribution in [2.45, 2.75) is 12.8 Å². The molecule has 0 atom stereocenters. The van der Waals surface area contributed by atoms with Crippen molar-refractivity contribution in [2.75, 3.05) is 44.3 Å². The van der Waals surface area contributed by atoms with Crippen molar-refractivity contribution in [1.82, 2.24) is 10.3 Å². The van der Waals surface area contributed by atoms with Gasteiger partial charge in [-0.25, -0.2) is 4.98 Å². The molecule has 2 aliphatic rings. The standard InChI is InChI=1S/C13H18BrN3O/c14-11-9-10-1-3-15-4-2-12(10)16-13(11)17-5-7-18-8-6-17/h9,15H,1-8H2. The number of hydrogen-bond donors (Lipinski definition) is 1. The number of nitrogens with one attached hydrogen (secondary N) is 1. The first-order valence-corrected chi connectivity index (χ1v) is 7.35. The molecule has 1 aromatic rings. The molecule has 0 spiro atoms. The number of morpholine rings is 1. The van der Waals surface area contributed by atoms with Crippen LogP contribution in [0, 0.1) is 0 Å². The molecule has 3 rings (SSSR count). The molecule has 1 fully saturated rings. The van der Waals surface area contributed by atoms with Crippen LogP contribution in [0.4, 0.5) is 5.82 Å². The first-order valence-electron chi connectivity index (χ1n) is 6.56. The number of hydrogen-bond acceptors (Lipinski definition) is 4. The number of nitrogens with zero attached hydrogens (tertiary/aromatic N) is 2. The van der Waals surface area contributed by atoms with Crippen LogP contribution in [-0.4, -0.2) is 44.4 Å². The fourth-order valence-electron chi connectivity index (χ4n) is 2.54. The summed E-state index contributed by atoms with van der Waals surface area (Å²) in [7, 11) is 0. The number of halogens is 1. The van der Waals surface area contributed by atoms with Gasteiger partial charge < -0.3 is 15.0 Å². The van der Waals surface area contributed by atoms with Crippen LogP contribution in [0.3, 0.4) is 0 Å². The van der Waals surface area contributed by atoms with E-state index in [2.05, 4.69) is 32.2 Å². The molecule has 0 aliphatic carbocycles. The zero-order valence-corrected chi connectivity index (χ0v) is 12.0. The Labute approximate surface area is 116 Å². The molecular weight excluding hydrogens is 294 g/mol. The van der Waals surface area contributed by atoms with E-state index in [0.717, 1.165) is 62.5 Å². The molecule has 5 heteroatoms. The van der Waals surface area contributed by atoms with Gasteiger partial charge in [-0.15, -0.1) is 0 Å². The van der Waals surface area contributed by atoms with Crippen molar-refractivity contribution in [1.29, 1.82) is 0 Å². The Morgan fingerprint density at radius 3 is 2.83 bits per heavy atom. The van der Waals surface area contributed by atoms with Crippen molar-refractivity contribution in [3.05, 3.63) is 21.8 Å². The van der Waals surface area contributed by atoms with Crippen molar-refractivity contribution in [3.8, 4) is 0 Å². The summed E-state index contributed by atoms with van der Waals surface area (Å²) in [5, 5.41) is 3.42. The van der Waals surface area contributed by atoms with Gasteiger partial charge >= 0.3 is 0 Å². The van der Waals surface area contributed by atoms with Crippen LogP contribution in [0.5, 0.6) is 0 Å². The molecule has 0 saturated carbocycles. The maximum Gasteiger partial charge on any atom is 0.143 e. The summed E-state index contributed by atoms with van der Waals surface area (Å²) < 4.78 is 6.51. The minimum atomic E-state index is 0.798. The van der Waals surface area contributed by atoms with Crippen LogP contribution in [-0.2, 0) is 17.6 Å². The van der Waals surface area contributed by atoms with Gasteiger partial charge in [-0.1, -0.05) is 0 Å². The zero-order valence-electron chi connectivity index (χ0n) is 10.4. The monoisotopic (exact) mass is 311 g/mol. The van der Waals surface area contributed by atoms with Gasteiger partial charge in [0.25, 0.3) is 0 Å². The maximum absolute atomic E-state index is 5.40. The Morgan fingerprint density at radius 1 is 1.22 bits per heavy atom. The largest absolute Gasteiger partial charge is 0.378 e. The van der Waals surface area contributed by atoms with Crippen LogP contribution in [0.2, 0.25) is 0 Å². The summed E-state index contributed by atoms with van der Waals surface area (Å²) >= 11 is 3.67. The van der Waals surface area contributed by atoms with Crippen LogP contribution in [0.1, 0.15) is 11.3 Å². The third-order valence-electron chi connectivity index (χ3n) is 3.55. The van der Waals surface area contributed by atoms with Gasteiger partial charge in [0.05, 0.1) is 17.7 Å². The van der Waals surface area contributed by atoms with E-state index in [4.69, 9.17) is 9.72 Å². The Hall–Kier alpha value is -0.650. The first kappa shape index (κ1) is 12.4. The number of ether oxygens (including phenoxy) is 1. The van der Waals surface area contributed by atoms with Crippen molar-refractivity contribution < 1.29 is 4.74 Å². The minimum absolute atomic E-state index is 0.798. The third kappa shape index (κ3) is 2.53. The zero-order chi connectivity index (χ0) is 12.4. The molecule has 18 heavy (non-hydrogen) atoms. The molecule has 4 nitrogen and oxygen atoms in total. The lowest BCUT2D eigenvalue weighted by molar-refractivity contribution is 0.122. The van der Waals surface area contributed by atoms with E-state index >= 15 is 0 Å². The molecule has 0 aromatic carbocycles. The van der Waals surface area contributed by atoms with Gasteiger partial charge in [-0.3, -0.25) is 0 Å². The molecule has 1 saturated heterocycles. The number of pyridine rings is 1. The molecule has 1 aromatic heterocycles. The average Bonchev–Trinajstić information content (AvgIpc) is 2.63. The van der Waals surface area contributed by atoms with E-state index in [9.17, 15) is 0 Å². The molecule has 1 N–H and O–H groups in total. The topological polar surface area (TPSA) is 37.4 Å². The van der Waals surface area contributed by atoms with E-state index in [1.807, 2.05) is 0 Å². The average molecular weight is 312 g/mol. The van der Waals surface area contributed by atoms with Crippen LogP contribution >= 0.6 is 15.9 Å². The van der Waals surface area contributed by atoms with Crippen LogP contribution < -0.4 is 10.2 Å². The molecule has 2 aliphatic heterocycles. The second-order valence-electron chi connectivity index (χ2n) is 4.75. The molecule has 3 heterocycles. The smallest absolute Gasteiger partial charge is 0.143 e. The van der Waals surface area contributed by atoms with Crippen molar-refractivity contribution in [2.24, 2.45) is 0 Å². The van der Waals surface area contributed by atoms with Gasteiger partial charge in [0.15, 0.2) is 0 Å².